The topological polar surface area (TPSA) is 210 Å². The highest BCUT2D eigenvalue weighted by atomic mass is 31.2. The molecule has 0 rings (SSSR count). The van der Waals surface area contributed by atoms with Crippen molar-refractivity contribution in [3.8, 4) is 0 Å². The molecule has 0 aliphatic rings. The van der Waals surface area contributed by atoms with Gasteiger partial charge in [-0.25, -0.2) is 4.57 Å². The molecule has 0 saturated carbocycles. The van der Waals surface area contributed by atoms with Crippen molar-refractivity contribution in [1.29, 1.82) is 0 Å². The average Bonchev–Trinajstić information content (AvgIpc) is 3.24. The van der Waals surface area contributed by atoms with E-state index in [0.29, 0.717) is 12.8 Å². The second-order valence-electron chi connectivity index (χ2n) is 15.9. The van der Waals surface area contributed by atoms with Gasteiger partial charge in [0, 0.05) is 12.8 Å². The molecule has 2 unspecified atom stereocenters. The second-order valence-corrected chi connectivity index (χ2v) is 17.3. The van der Waals surface area contributed by atoms with Gasteiger partial charge < -0.3 is 39.9 Å². The Bertz CT molecular complexity index is 1270. The minimum absolute atomic E-state index is 0.0622. The third-order valence-electron chi connectivity index (χ3n) is 10.1. The lowest BCUT2D eigenvalue weighted by atomic mass is 9.99. The van der Waals surface area contributed by atoms with Crippen LogP contribution in [0.15, 0.2) is 60.8 Å². The summed E-state index contributed by atoms with van der Waals surface area (Å²) < 4.78 is 32.5. The number of aliphatic hydroxyl groups is 5. The summed E-state index contributed by atoms with van der Waals surface area (Å²) in [7, 11) is -4.72. The lowest BCUT2D eigenvalue weighted by Crippen LogP contribution is -2.30. The number of unbranched alkanes of at least 4 members (excludes halogenated alkanes) is 13. The highest BCUT2D eigenvalue weighted by Gasteiger charge is 2.27. The number of rotatable bonds is 41. The number of phosphoric acid groups is 1. The summed E-state index contributed by atoms with van der Waals surface area (Å²) in [4.78, 5) is 35.1. The predicted octanol–water partition coefficient (Wildman–Crippen LogP) is 9.05. The van der Waals surface area contributed by atoms with Gasteiger partial charge in [-0.2, -0.15) is 0 Å². The van der Waals surface area contributed by atoms with E-state index in [1.807, 2.05) is 19.1 Å². The van der Waals surface area contributed by atoms with Gasteiger partial charge in [0.05, 0.1) is 38.1 Å². The van der Waals surface area contributed by atoms with Gasteiger partial charge in [0.2, 0.25) is 0 Å². The van der Waals surface area contributed by atoms with Crippen LogP contribution in [0.25, 0.3) is 0 Å². The smallest absolute Gasteiger partial charge is 0.462 e. The van der Waals surface area contributed by atoms with Crippen LogP contribution in [0.3, 0.4) is 0 Å². The van der Waals surface area contributed by atoms with E-state index in [1.165, 1.54) is 83.1 Å². The van der Waals surface area contributed by atoms with Crippen molar-refractivity contribution in [2.24, 2.45) is 5.92 Å². The highest BCUT2D eigenvalue weighted by molar-refractivity contribution is 7.47. The van der Waals surface area contributed by atoms with Crippen molar-refractivity contribution < 1.29 is 63.1 Å². The Balaban J connectivity index is 4.57. The standard InChI is InChI=1S/C47H83O13P/c1-4-6-23-30-41(49)31-25-20-17-18-21-26-32-44(51)45(52)33-28-35-47(54)60-43(39-59-61(55,56)58-37-42(50)36-48)38-57-46(53)34-27-22-16-14-12-10-8-7-9-11-13-15-19-24-29-40(3)5-2/h6,17-18,20-21,23,25-26,31-32,40-45,48-52H,4-5,7-16,19,22,24,27-30,33-39H2,1-3H3,(H,55,56)/b20-17+,21-18-,23-6-,31-25+,32-26-/t40?,41-,42-,43+,44+,45+/m0/s1. The average molecular weight is 887 g/mol. The predicted molar refractivity (Wildman–Crippen MR) is 241 cm³/mol. The second kappa shape index (κ2) is 40.3. The van der Waals surface area contributed by atoms with Crippen LogP contribution in [0.2, 0.25) is 0 Å². The van der Waals surface area contributed by atoms with Crippen molar-refractivity contribution in [2.75, 3.05) is 26.4 Å². The van der Waals surface area contributed by atoms with Crippen LogP contribution in [0, 0.1) is 5.92 Å². The van der Waals surface area contributed by atoms with Gasteiger partial charge in [-0.3, -0.25) is 18.6 Å². The number of hydrogen-bond donors (Lipinski definition) is 6. The molecule has 0 aromatic rings. The fraction of sp³-hybridized carbons (Fsp3) is 0.745. The fourth-order valence-electron chi connectivity index (χ4n) is 6.02. The van der Waals surface area contributed by atoms with Gasteiger partial charge in [-0.15, -0.1) is 0 Å². The van der Waals surface area contributed by atoms with Crippen LogP contribution >= 0.6 is 7.82 Å². The molecule has 0 bridgehead atoms. The first-order valence-electron chi connectivity index (χ1n) is 23.0. The van der Waals surface area contributed by atoms with Crippen LogP contribution in [0.1, 0.15) is 162 Å². The quantitative estimate of drug-likeness (QED) is 0.0111. The van der Waals surface area contributed by atoms with Gasteiger partial charge in [-0.05, 0) is 38.0 Å². The highest BCUT2D eigenvalue weighted by Crippen LogP contribution is 2.43. The minimum atomic E-state index is -4.72. The summed E-state index contributed by atoms with van der Waals surface area (Å²) in [5.74, 6) is -0.400. The van der Waals surface area contributed by atoms with Crippen molar-refractivity contribution in [3.63, 3.8) is 0 Å². The summed E-state index contributed by atoms with van der Waals surface area (Å²) in [6.07, 6.45) is 32.7. The molecular weight excluding hydrogens is 803 g/mol. The monoisotopic (exact) mass is 887 g/mol. The van der Waals surface area contributed by atoms with Crippen LogP contribution < -0.4 is 0 Å². The van der Waals surface area contributed by atoms with Gasteiger partial charge in [-0.1, -0.05) is 178 Å². The Hall–Kier alpha value is -2.45. The van der Waals surface area contributed by atoms with E-state index in [0.717, 1.165) is 31.6 Å². The van der Waals surface area contributed by atoms with Gasteiger partial charge in [0.25, 0.3) is 0 Å². The maximum Gasteiger partial charge on any atom is 0.472 e. The maximum absolute atomic E-state index is 12.7. The molecular formula is C47H83O13P. The molecule has 0 fully saturated rings. The molecule has 354 valence electrons. The third-order valence-corrected chi connectivity index (χ3v) is 11.0. The zero-order valence-corrected chi connectivity index (χ0v) is 38.5. The normalized spacial score (nSPS) is 16.4. The van der Waals surface area contributed by atoms with E-state index in [9.17, 15) is 39.5 Å². The number of esters is 2. The molecule has 6 N–H and O–H groups in total. The molecule has 0 radical (unpaired) electrons. The molecule has 0 aromatic carbocycles. The van der Waals surface area contributed by atoms with E-state index in [1.54, 1.807) is 42.5 Å². The van der Waals surface area contributed by atoms with E-state index >= 15 is 0 Å². The van der Waals surface area contributed by atoms with E-state index in [2.05, 4.69) is 18.4 Å². The zero-order valence-electron chi connectivity index (χ0n) is 37.6. The van der Waals surface area contributed by atoms with Crippen molar-refractivity contribution in [2.45, 2.75) is 193 Å². The van der Waals surface area contributed by atoms with E-state index in [-0.39, 0.29) is 25.7 Å². The zero-order chi connectivity index (χ0) is 45.4. The molecule has 0 amide bonds. The number of carbonyl (C=O) groups is 2. The molecule has 0 aliphatic carbocycles. The Morgan fingerprint density at radius 1 is 0.623 bits per heavy atom. The van der Waals surface area contributed by atoms with E-state index < -0.39 is 76.7 Å². The van der Waals surface area contributed by atoms with Gasteiger partial charge in [0.1, 0.15) is 12.7 Å². The fourth-order valence-corrected chi connectivity index (χ4v) is 6.81. The Morgan fingerprint density at radius 2 is 1.15 bits per heavy atom. The Kier molecular flexibility index (Phi) is 38.7. The molecule has 0 spiro atoms. The third kappa shape index (κ3) is 38.9. The largest absolute Gasteiger partial charge is 0.472 e. The van der Waals surface area contributed by atoms with Crippen molar-refractivity contribution >= 4 is 19.8 Å². The first kappa shape index (κ1) is 58.6. The Labute approximate surface area is 367 Å². The summed E-state index contributed by atoms with van der Waals surface area (Å²) in [5.41, 5.74) is 0. The first-order chi connectivity index (χ1) is 29.3. The lowest BCUT2D eigenvalue weighted by molar-refractivity contribution is -0.161. The molecule has 13 nitrogen and oxygen atoms in total. The molecule has 61 heavy (non-hydrogen) atoms. The number of carbonyl (C=O) groups excluding carboxylic acids is 2. The molecule has 7 atom stereocenters. The number of hydrogen-bond acceptors (Lipinski definition) is 12. The van der Waals surface area contributed by atoms with Crippen molar-refractivity contribution in [1.82, 2.24) is 0 Å². The number of aliphatic hydroxyl groups excluding tert-OH is 5. The lowest BCUT2D eigenvalue weighted by Gasteiger charge is -2.20. The number of ether oxygens (including phenoxy) is 2. The van der Waals surface area contributed by atoms with E-state index in [4.69, 9.17) is 19.1 Å². The Morgan fingerprint density at radius 3 is 1.72 bits per heavy atom. The molecule has 0 aromatic heterocycles. The molecule has 0 aliphatic heterocycles. The summed E-state index contributed by atoms with van der Waals surface area (Å²) >= 11 is 0. The maximum atomic E-state index is 12.7. The number of allylic oxidation sites excluding steroid dienone is 7. The van der Waals surface area contributed by atoms with Crippen LogP contribution in [0.4, 0.5) is 0 Å². The summed E-state index contributed by atoms with van der Waals surface area (Å²) in [6, 6.07) is 0. The molecule has 0 heterocycles. The SMILES string of the molecule is CC/C=C\C[C@H](O)/C=C/C=C/C=C\C=C/[C@@H](O)[C@H](O)CCCC(=O)O[C@H](COC(=O)CCCCCCCCCCCCCCCCC(C)CC)COP(=O)(O)OC[C@@H](O)CO. The minimum Gasteiger partial charge on any atom is -0.462 e. The summed E-state index contributed by atoms with van der Waals surface area (Å²) in [6.45, 7) is 4.15. The number of phosphoric ester groups is 1. The molecule has 0 saturated heterocycles. The van der Waals surface area contributed by atoms with Crippen LogP contribution in [0.5, 0.6) is 0 Å². The van der Waals surface area contributed by atoms with Crippen molar-refractivity contribution in [3.05, 3.63) is 60.8 Å². The first-order valence-corrected chi connectivity index (χ1v) is 24.5. The van der Waals surface area contributed by atoms with Gasteiger partial charge >= 0.3 is 19.8 Å². The van der Waals surface area contributed by atoms with Crippen LogP contribution in [-0.4, -0.2) is 99.3 Å². The van der Waals surface area contributed by atoms with Gasteiger partial charge in [0.15, 0.2) is 6.10 Å². The van der Waals surface area contributed by atoms with Crippen LogP contribution in [-0.2, 0) is 32.7 Å². The molecule has 14 heteroatoms. The summed E-state index contributed by atoms with van der Waals surface area (Å²) in [5, 5.41) is 48.8.